The highest BCUT2D eigenvalue weighted by Crippen LogP contribution is 2.34. The molecule has 0 fully saturated rings. The van der Waals surface area contributed by atoms with E-state index >= 15 is 0 Å². The number of hydrogen-bond acceptors (Lipinski definition) is 6. The predicted molar refractivity (Wildman–Crippen MR) is 124 cm³/mol. The van der Waals surface area contributed by atoms with E-state index in [-0.39, 0.29) is 22.7 Å². The quantitative estimate of drug-likeness (QED) is 0.207. The highest BCUT2D eigenvalue weighted by Gasteiger charge is 2.34. The Labute approximate surface area is 191 Å². The minimum atomic E-state index is -0.704. The Hall–Kier alpha value is -2.76. The van der Waals surface area contributed by atoms with Crippen molar-refractivity contribution in [3.8, 4) is 5.75 Å². The Morgan fingerprint density at radius 3 is 2.06 bits per heavy atom. The van der Waals surface area contributed by atoms with Crippen LogP contribution in [-0.2, 0) is 19.1 Å². The normalized spacial score (nSPS) is 15.0. The average molecular weight is 445 g/mol. The Morgan fingerprint density at radius 1 is 0.938 bits per heavy atom. The number of esters is 2. The lowest BCUT2D eigenvalue weighted by molar-refractivity contribution is -0.139. The fourth-order valence-electron chi connectivity index (χ4n) is 3.62. The molecule has 0 bridgehead atoms. The molecule has 0 amide bonds. The molecule has 0 aromatic heterocycles. The molecular weight excluding hydrogens is 408 g/mol. The molecule has 6 heteroatoms. The molecule has 0 saturated heterocycles. The molecule has 0 atom stereocenters. The van der Waals surface area contributed by atoms with E-state index in [0.29, 0.717) is 17.9 Å². The van der Waals surface area contributed by atoms with Crippen molar-refractivity contribution in [1.82, 2.24) is 0 Å². The van der Waals surface area contributed by atoms with Gasteiger partial charge < -0.3 is 19.3 Å². The minimum absolute atomic E-state index is 0.0181. The van der Waals surface area contributed by atoms with Crippen LogP contribution >= 0.6 is 0 Å². The van der Waals surface area contributed by atoms with E-state index in [4.69, 9.17) is 14.2 Å². The summed E-state index contributed by atoms with van der Waals surface area (Å²) >= 11 is 0. The van der Waals surface area contributed by atoms with Gasteiger partial charge in [0.2, 0.25) is 0 Å². The van der Waals surface area contributed by atoms with Crippen LogP contribution in [-0.4, -0.2) is 30.8 Å². The van der Waals surface area contributed by atoms with Crippen LogP contribution in [0.2, 0.25) is 0 Å². The molecule has 1 aromatic rings. The van der Waals surface area contributed by atoms with E-state index in [2.05, 4.69) is 6.92 Å². The number of rotatable bonds is 14. The molecule has 0 saturated carbocycles. The molecule has 1 N–H and O–H groups in total. The van der Waals surface area contributed by atoms with E-state index in [1.807, 2.05) is 0 Å². The van der Waals surface area contributed by atoms with Crippen molar-refractivity contribution in [3.05, 3.63) is 46.9 Å². The summed E-state index contributed by atoms with van der Waals surface area (Å²) in [6.45, 7) is 4.02. The van der Waals surface area contributed by atoms with Gasteiger partial charge in [-0.2, -0.15) is 0 Å². The third kappa shape index (κ3) is 7.43. The summed E-state index contributed by atoms with van der Waals surface area (Å²) in [4.78, 5) is 24.6. The summed E-state index contributed by atoms with van der Waals surface area (Å²) in [7, 11) is 1.54. The number of ether oxygens (including phenoxy) is 3. The molecule has 0 unspecified atom stereocenters. The molecule has 6 nitrogen and oxygen atoms in total. The number of benzene rings is 1. The zero-order chi connectivity index (χ0) is 23.3. The van der Waals surface area contributed by atoms with E-state index in [1.165, 1.54) is 51.9 Å². The molecule has 1 aliphatic heterocycles. The number of unbranched alkanes of at least 4 members (excludes halogenated alkanes) is 9. The van der Waals surface area contributed by atoms with Crippen molar-refractivity contribution >= 4 is 17.5 Å². The Kier molecular flexibility index (Phi) is 10.8. The van der Waals surface area contributed by atoms with Crippen LogP contribution in [0.15, 0.2) is 41.4 Å². The maximum atomic E-state index is 12.3. The van der Waals surface area contributed by atoms with Crippen LogP contribution < -0.4 is 4.74 Å². The van der Waals surface area contributed by atoms with Crippen molar-refractivity contribution in [2.45, 2.75) is 78.1 Å². The second-order valence-corrected chi connectivity index (χ2v) is 8.11. The topological polar surface area (TPSA) is 82.1 Å². The monoisotopic (exact) mass is 444 g/mol. The molecular formula is C26H36O6. The molecule has 32 heavy (non-hydrogen) atoms. The lowest BCUT2D eigenvalue weighted by atomic mass is 10.0. The molecule has 176 valence electrons. The van der Waals surface area contributed by atoms with Crippen LogP contribution in [0.25, 0.3) is 5.57 Å². The highest BCUT2D eigenvalue weighted by atomic mass is 16.6. The van der Waals surface area contributed by atoms with Crippen LogP contribution in [0.1, 0.15) is 83.6 Å². The van der Waals surface area contributed by atoms with E-state index < -0.39 is 11.9 Å². The van der Waals surface area contributed by atoms with Crippen molar-refractivity contribution in [3.63, 3.8) is 0 Å². The number of aliphatic hydroxyl groups excluding tert-OH is 1. The van der Waals surface area contributed by atoms with Gasteiger partial charge in [0.15, 0.2) is 11.5 Å². The van der Waals surface area contributed by atoms with E-state index in [1.54, 1.807) is 31.4 Å². The smallest absolute Gasteiger partial charge is 0.348 e. The van der Waals surface area contributed by atoms with Gasteiger partial charge in [-0.05, 0) is 31.0 Å². The van der Waals surface area contributed by atoms with Crippen LogP contribution in [0.5, 0.6) is 5.75 Å². The van der Waals surface area contributed by atoms with Gasteiger partial charge >= 0.3 is 11.9 Å². The number of hydrogen-bond donors (Lipinski definition) is 1. The Bertz CT molecular complexity index is 819. The molecule has 0 radical (unpaired) electrons. The maximum Gasteiger partial charge on any atom is 0.348 e. The SMILES string of the molecule is CCCCCCCCCCCCOC(=O)/C(C)=C1/OC(=O)C(c2ccc(OC)cc2)=C1O. The van der Waals surface area contributed by atoms with Gasteiger partial charge in [-0.1, -0.05) is 76.8 Å². The molecule has 2 rings (SSSR count). The van der Waals surface area contributed by atoms with Gasteiger partial charge in [0, 0.05) is 0 Å². The minimum Gasteiger partial charge on any atom is -0.504 e. The van der Waals surface area contributed by atoms with Gasteiger partial charge in [-0.15, -0.1) is 0 Å². The third-order valence-electron chi connectivity index (χ3n) is 5.61. The first-order chi connectivity index (χ1) is 15.5. The van der Waals surface area contributed by atoms with Gasteiger partial charge in [-0.3, -0.25) is 0 Å². The fourth-order valence-corrected chi connectivity index (χ4v) is 3.62. The lowest BCUT2D eigenvalue weighted by Gasteiger charge is -2.07. The van der Waals surface area contributed by atoms with Crippen LogP contribution in [0.3, 0.4) is 0 Å². The first-order valence-corrected chi connectivity index (χ1v) is 11.7. The fraction of sp³-hybridized carbons (Fsp3) is 0.538. The molecule has 0 spiro atoms. The van der Waals surface area contributed by atoms with E-state index in [0.717, 1.165) is 19.3 Å². The number of cyclic esters (lactones) is 1. The highest BCUT2D eigenvalue weighted by molar-refractivity contribution is 6.21. The summed E-state index contributed by atoms with van der Waals surface area (Å²) in [6, 6.07) is 6.65. The maximum absolute atomic E-state index is 12.3. The summed E-state index contributed by atoms with van der Waals surface area (Å²) in [6.07, 6.45) is 12.0. The summed E-state index contributed by atoms with van der Waals surface area (Å²) < 4.78 is 15.6. The van der Waals surface area contributed by atoms with E-state index in [9.17, 15) is 14.7 Å². The standard InChI is InChI=1S/C26H36O6/c1-4-5-6-7-8-9-10-11-12-13-18-31-25(28)19(2)24-23(27)22(26(29)32-24)20-14-16-21(30-3)17-15-20/h14-17,27H,4-13,18H2,1-3H3/b24-19+. The second kappa shape index (κ2) is 13.6. The average Bonchev–Trinajstić information content (AvgIpc) is 3.10. The third-order valence-corrected chi connectivity index (χ3v) is 5.61. The number of aliphatic hydroxyl groups is 1. The molecule has 1 aliphatic rings. The number of carbonyl (C=O) groups is 2. The van der Waals surface area contributed by atoms with Crippen molar-refractivity contribution in [1.29, 1.82) is 0 Å². The zero-order valence-electron chi connectivity index (χ0n) is 19.6. The molecule has 0 aliphatic carbocycles. The molecule has 1 aromatic carbocycles. The van der Waals surface area contributed by atoms with Crippen molar-refractivity contribution in [2.24, 2.45) is 0 Å². The van der Waals surface area contributed by atoms with Crippen molar-refractivity contribution < 1.29 is 28.9 Å². The second-order valence-electron chi connectivity index (χ2n) is 8.11. The largest absolute Gasteiger partial charge is 0.504 e. The van der Waals surface area contributed by atoms with Gasteiger partial charge in [0.25, 0.3) is 0 Å². The lowest BCUT2D eigenvalue weighted by Crippen LogP contribution is -2.10. The van der Waals surface area contributed by atoms with Crippen LogP contribution in [0, 0.1) is 0 Å². The number of carbonyl (C=O) groups excluding carboxylic acids is 2. The van der Waals surface area contributed by atoms with Crippen molar-refractivity contribution in [2.75, 3.05) is 13.7 Å². The van der Waals surface area contributed by atoms with Crippen LogP contribution in [0.4, 0.5) is 0 Å². The Morgan fingerprint density at radius 2 is 1.50 bits per heavy atom. The number of methoxy groups -OCH3 is 1. The molecule has 1 heterocycles. The summed E-state index contributed by atoms with van der Waals surface area (Å²) in [5.74, 6) is -1.17. The predicted octanol–water partition coefficient (Wildman–Crippen LogP) is 6.26. The van der Waals surface area contributed by atoms with Gasteiger partial charge in [0.05, 0.1) is 19.3 Å². The Balaban J connectivity index is 1.79. The summed E-state index contributed by atoms with van der Waals surface area (Å²) in [5, 5.41) is 10.5. The van der Waals surface area contributed by atoms with Gasteiger partial charge in [-0.25, -0.2) is 9.59 Å². The summed E-state index contributed by atoms with van der Waals surface area (Å²) in [5.41, 5.74) is 0.575. The zero-order valence-corrected chi connectivity index (χ0v) is 19.6. The first kappa shape index (κ1) is 25.5. The van der Waals surface area contributed by atoms with Gasteiger partial charge in [0.1, 0.15) is 11.3 Å². The first-order valence-electron chi connectivity index (χ1n) is 11.7.